The summed E-state index contributed by atoms with van der Waals surface area (Å²) in [6, 6.07) is 0. The van der Waals surface area contributed by atoms with Gasteiger partial charge in [0.15, 0.2) is 0 Å². The van der Waals surface area contributed by atoms with Crippen molar-refractivity contribution in [2.75, 3.05) is 19.8 Å². The van der Waals surface area contributed by atoms with E-state index in [1.54, 1.807) is 0 Å². The molecule has 0 N–H and O–H groups in total. The molecule has 0 radical (unpaired) electrons. The molecule has 0 saturated heterocycles. The Morgan fingerprint density at radius 2 is 1.47 bits per heavy atom. The average Bonchev–Trinajstić information content (AvgIpc) is 2.25. The normalized spacial score (nSPS) is 17.1. The molecule has 0 rings (SSSR count). The van der Waals surface area contributed by atoms with Crippen LogP contribution < -0.4 is 0 Å². The Hall–Kier alpha value is 0.180. The van der Waals surface area contributed by atoms with Crippen molar-refractivity contribution >= 4 is 31.4 Å². The second-order valence-corrected chi connectivity index (χ2v) is 4.71. The molecule has 6 heteroatoms. The molecule has 0 fully saturated rings. The van der Waals surface area contributed by atoms with Crippen molar-refractivity contribution in [3.63, 3.8) is 0 Å². The molecule has 0 spiro atoms. The zero-order valence-electron chi connectivity index (χ0n) is 11.1. The van der Waals surface area contributed by atoms with Gasteiger partial charge in [0.05, 0.1) is 12.7 Å². The summed E-state index contributed by atoms with van der Waals surface area (Å²) in [7, 11) is 8.81. The minimum atomic E-state index is 0.225. The van der Waals surface area contributed by atoms with Gasteiger partial charge in [-0.15, -0.1) is 0 Å². The van der Waals surface area contributed by atoms with Crippen LogP contribution in [-0.4, -0.2) is 57.3 Å². The van der Waals surface area contributed by atoms with Gasteiger partial charge in [-0.25, -0.2) is 0 Å². The molecular formula is C9H24B4O2. The Kier molecular flexibility index (Phi) is 9.52. The van der Waals surface area contributed by atoms with Gasteiger partial charge in [-0.1, -0.05) is 24.3 Å². The van der Waals surface area contributed by atoms with E-state index in [4.69, 9.17) is 9.47 Å². The Bertz CT molecular complexity index is 148. The fourth-order valence-electron chi connectivity index (χ4n) is 1.05. The molecule has 0 amide bonds. The summed E-state index contributed by atoms with van der Waals surface area (Å²) in [5.74, 6) is 1.31. The fraction of sp³-hybridized carbons (Fsp3) is 1.00. The highest BCUT2D eigenvalue weighted by molar-refractivity contribution is 6.19. The second kappa shape index (κ2) is 9.41. The van der Waals surface area contributed by atoms with Crippen LogP contribution in [0.1, 0.15) is 6.92 Å². The summed E-state index contributed by atoms with van der Waals surface area (Å²) in [6.07, 6.45) is 2.59. The van der Waals surface area contributed by atoms with E-state index in [2.05, 4.69) is 38.3 Å². The maximum absolute atomic E-state index is 5.69. The molecule has 84 valence electrons. The van der Waals surface area contributed by atoms with Crippen LogP contribution in [0.2, 0.25) is 24.3 Å². The Morgan fingerprint density at radius 1 is 0.933 bits per heavy atom. The van der Waals surface area contributed by atoms with Crippen LogP contribution in [0.3, 0.4) is 0 Å². The highest BCUT2D eigenvalue weighted by Crippen LogP contribution is 2.07. The van der Waals surface area contributed by atoms with Crippen molar-refractivity contribution in [2.45, 2.75) is 37.3 Å². The first kappa shape index (κ1) is 15.2. The molecule has 0 aliphatic carbocycles. The summed E-state index contributed by atoms with van der Waals surface area (Å²) >= 11 is 0. The molecular weight excluding hydrogens is 183 g/mol. The third-order valence-electron chi connectivity index (χ3n) is 2.81. The van der Waals surface area contributed by atoms with E-state index in [1.165, 1.54) is 12.6 Å². The first-order valence-corrected chi connectivity index (χ1v) is 6.29. The van der Waals surface area contributed by atoms with Crippen molar-refractivity contribution in [3.05, 3.63) is 0 Å². The molecule has 0 heterocycles. The van der Waals surface area contributed by atoms with Gasteiger partial charge in [0.1, 0.15) is 31.4 Å². The SMILES string of the molecule is BCC(B)COCC(C)OCC(B)CB. The minimum Gasteiger partial charge on any atom is -0.379 e. The highest BCUT2D eigenvalue weighted by atomic mass is 16.5. The molecule has 0 aliphatic rings. The smallest absolute Gasteiger partial charge is 0.107 e. The molecule has 0 saturated carbocycles. The average molecular weight is 208 g/mol. The molecule has 3 atom stereocenters. The van der Waals surface area contributed by atoms with Crippen LogP contribution in [0, 0.1) is 0 Å². The zero-order chi connectivity index (χ0) is 11.7. The van der Waals surface area contributed by atoms with Gasteiger partial charge in [0.25, 0.3) is 0 Å². The lowest BCUT2D eigenvalue weighted by Gasteiger charge is -2.17. The van der Waals surface area contributed by atoms with Crippen LogP contribution in [0.15, 0.2) is 0 Å². The van der Waals surface area contributed by atoms with E-state index >= 15 is 0 Å². The predicted molar refractivity (Wildman–Crippen MR) is 77.5 cm³/mol. The third kappa shape index (κ3) is 9.13. The first-order chi connectivity index (χ1) is 7.10. The second-order valence-electron chi connectivity index (χ2n) is 4.71. The summed E-state index contributed by atoms with van der Waals surface area (Å²) < 4.78 is 11.3. The third-order valence-corrected chi connectivity index (χ3v) is 2.81. The predicted octanol–water partition coefficient (Wildman–Crippen LogP) is -1.65. The van der Waals surface area contributed by atoms with Crippen molar-refractivity contribution in [1.82, 2.24) is 0 Å². The van der Waals surface area contributed by atoms with Crippen molar-refractivity contribution in [1.29, 1.82) is 0 Å². The topological polar surface area (TPSA) is 18.5 Å². The highest BCUT2D eigenvalue weighted by Gasteiger charge is 2.06. The molecule has 0 aromatic carbocycles. The zero-order valence-corrected chi connectivity index (χ0v) is 11.1. The monoisotopic (exact) mass is 208 g/mol. The Balaban J connectivity index is 3.37. The molecule has 0 aromatic rings. The van der Waals surface area contributed by atoms with Crippen molar-refractivity contribution < 1.29 is 9.47 Å². The summed E-state index contributed by atoms with van der Waals surface area (Å²) in [5.41, 5.74) is 0. The van der Waals surface area contributed by atoms with Gasteiger partial charge in [0.2, 0.25) is 0 Å². The van der Waals surface area contributed by atoms with Crippen LogP contribution in [-0.2, 0) is 9.47 Å². The van der Waals surface area contributed by atoms with Crippen LogP contribution in [0.5, 0.6) is 0 Å². The largest absolute Gasteiger partial charge is 0.379 e. The van der Waals surface area contributed by atoms with Gasteiger partial charge in [0, 0.05) is 13.2 Å². The number of rotatable bonds is 9. The molecule has 3 unspecified atom stereocenters. The summed E-state index contributed by atoms with van der Waals surface area (Å²) in [6.45, 7) is 4.51. The standard InChI is InChI=1S/C9H24B4O2/c1-7(15-6-9(13)3-11)4-14-5-8(12)2-10/h7-9H,2-6,10-13H2,1H3. The minimum absolute atomic E-state index is 0.225. The molecule has 2 nitrogen and oxygen atoms in total. The van der Waals surface area contributed by atoms with E-state index < -0.39 is 0 Å². The number of hydrogen-bond acceptors (Lipinski definition) is 2. The number of hydrogen-bond donors (Lipinski definition) is 0. The van der Waals surface area contributed by atoms with E-state index in [-0.39, 0.29) is 6.10 Å². The maximum Gasteiger partial charge on any atom is 0.107 e. The number of ether oxygens (including phenoxy) is 2. The lowest BCUT2D eigenvalue weighted by molar-refractivity contribution is -0.00563. The molecule has 0 aliphatic heterocycles. The molecule has 0 bridgehead atoms. The molecule has 15 heavy (non-hydrogen) atoms. The maximum atomic E-state index is 5.69. The van der Waals surface area contributed by atoms with E-state index in [0.29, 0.717) is 11.6 Å². The lowest BCUT2D eigenvalue weighted by atomic mass is 9.77. The van der Waals surface area contributed by atoms with Crippen molar-refractivity contribution in [2.24, 2.45) is 0 Å². The summed E-state index contributed by atoms with van der Waals surface area (Å²) in [4.78, 5) is 0. The van der Waals surface area contributed by atoms with Crippen LogP contribution in [0.25, 0.3) is 0 Å². The van der Waals surface area contributed by atoms with E-state index in [0.717, 1.165) is 19.8 Å². The van der Waals surface area contributed by atoms with Gasteiger partial charge in [-0.2, -0.15) is 0 Å². The quantitative estimate of drug-likeness (QED) is 0.422. The Labute approximate surface area is 98.5 Å². The van der Waals surface area contributed by atoms with Crippen LogP contribution >= 0.6 is 0 Å². The summed E-state index contributed by atoms with van der Waals surface area (Å²) in [5, 5.41) is 0. The van der Waals surface area contributed by atoms with Crippen LogP contribution in [0.4, 0.5) is 0 Å². The first-order valence-electron chi connectivity index (χ1n) is 6.29. The van der Waals surface area contributed by atoms with Crippen molar-refractivity contribution in [3.8, 4) is 0 Å². The van der Waals surface area contributed by atoms with Gasteiger partial charge in [-0.3, -0.25) is 0 Å². The van der Waals surface area contributed by atoms with E-state index in [9.17, 15) is 0 Å². The van der Waals surface area contributed by atoms with Gasteiger partial charge in [-0.05, 0) is 6.92 Å². The molecule has 0 aromatic heterocycles. The van der Waals surface area contributed by atoms with Gasteiger partial charge >= 0.3 is 0 Å². The van der Waals surface area contributed by atoms with E-state index in [1.807, 2.05) is 0 Å². The fourth-order valence-corrected chi connectivity index (χ4v) is 1.05. The Morgan fingerprint density at radius 3 is 2.00 bits per heavy atom. The van der Waals surface area contributed by atoms with Gasteiger partial charge < -0.3 is 9.47 Å². The lowest BCUT2D eigenvalue weighted by Crippen LogP contribution is -2.20.